The molecule has 0 bridgehead atoms. The minimum atomic E-state index is -0.0869. The Morgan fingerprint density at radius 2 is 1.86 bits per heavy atom. The Morgan fingerprint density at radius 1 is 1.17 bits per heavy atom. The monoisotopic (exact) mass is 420 g/mol. The van der Waals surface area contributed by atoms with Gasteiger partial charge in [-0.15, -0.1) is 0 Å². The molecule has 1 N–H and O–H groups in total. The number of nitrogens with one attached hydrogen (secondary N) is 1. The number of esters is 1. The maximum absolute atomic E-state index is 11.7. The molecule has 2 heterocycles. The topological polar surface area (TPSA) is 57.2 Å². The van der Waals surface area contributed by atoms with Crippen LogP contribution in [0.5, 0.6) is 0 Å². The summed E-state index contributed by atoms with van der Waals surface area (Å²) in [5.74, 6) is 1.54. The summed E-state index contributed by atoms with van der Waals surface area (Å²) in [6, 6.07) is 8.11. The molecule has 7 heteroatoms. The van der Waals surface area contributed by atoms with Crippen molar-refractivity contribution in [2.24, 2.45) is 16.8 Å². The van der Waals surface area contributed by atoms with Crippen LogP contribution in [0.25, 0.3) is 0 Å². The molecular weight excluding hydrogens is 388 g/mol. The van der Waals surface area contributed by atoms with E-state index in [-0.39, 0.29) is 11.9 Å². The van der Waals surface area contributed by atoms with Crippen LogP contribution >= 0.6 is 11.6 Å². The number of rotatable bonds is 5. The molecule has 1 aromatic carbocycles. The first-order valence-electron chi connectivity index (χ1n) is 10.6. The smallest absolute Gasteiger partial charge is 0.308 e. The lowest BCUT2D eigenvalue weighted by molar-refractivity contribution is -0.146. The second-order valence-electron chi connectivity index (χ2n) is 8.02. The highest BCUT2D eigenvalue weighted by Gasteiger charge is 2.27. The van der Waals surface area contributed by atoms with Crippen molar-refractivity contribution in [1.82, 2.24) is 15.1 Å². The van der Waals surface area contributed by atoms with E-state index < -0.39 is 0 Å². The van der Waals surface area contributed by atoms with Crippen LogP contribution in [-0.4, -0.2) is 68.6 Å². The molecule has 0 amide bonds. The molecule has 0 aromatic heterocycles. The van der Waals surface area contributed by atoms with E-state index in [9.17, 15) is 4.79 Å². The third-order valence-corrected chi connectivity index (χ3v) is 6.52. The first-order chi connectivity index (χ1) is 14.1. The molecule has 0 saturated carbocycles. The predicted octanol–water partition coefficient (Wildman–Crippen LogP) is 3.01. The highest BCUT2D eigenvalue weighted by atomic mass is 35.5. The van der Waals surface area contributed by atoms with Crippen LogP contribution in [0.2, 0.25) is 5.02 Å². The average molecular weight is 421 g/mol. The van der Waals surface area contributed by atoms with Gasteiger partial charge in [-0.1, -0.05) is 29.8 Å². The Balaban J connectivity index is 1.39. The molecule has 2 aliphatic heterocycles. The lowest BCUT2D eigenvalue weighted by atomic mass is 9.96. The molecule has 2 aliphatic rings. The predicted molar refractivity (Wildman–Crippen MR) is 117 cm³/mol. The fourth-order valence-electron chi connectivity index (χ4n) is 4.28. The largest absolute Gasteiger partial charge is 0.469 e. The van der Waals surface area contributed by atoms with E-state index in [1.807, 2.05) is 19.2 Å². The van der Waals surface area contributed by atoms with Crippen molar-refractivity contribution in [1.29, 1.82) is 0 Å². The van der Waals surface area contributed by atoms with E-state index in [1.54, 1.807) is 0 Å². The SMILES string of the molecule is CN=C(NCC1CCN(Cc2ccccc2Cl)CC1)N1CCC(C(=O)OC)CC1. The van der Waals surface area contributed by atoms with Gasteiger partial charge in [-0.05, 0) is 56.3 Å². The van der Waals surface area contributed by atoms with Crippen LogP contribution < -0.4 is 5.32 Å². The molecule has 0 radical (unpaired) electrons. The van der Waals surface area contributed by atoms with Gasteiger partial charge in [-0.25, -0.2) is 0 Å². The molecule has 29 heavy (non-hydrogen) atoms. The third kappa shape index (κ3) is 6.09. The summed E-state index contributed by atoms with van der Waals surface area (Å²) >= 11 is 6.30. The molecule has 2 saturated heterocycles. The fourth-order valence-corrected chi connectivity index (χ4v) is 4.47. The van der Waals surface area contributed by atoms with Gasteiger partial charge in [0, 0.05) is 38.2 Å². The van der Waals surface area contributed by atoms with Gasteiger partial charge in [0.15, 0.2) is 5.96 Å². The molecule has 6 nitrogen and oxygen atoms in total. The summed E-state index contributed by atoms with van der Waals surface area (Å²) < 4.78 is 4.88. The fraction of sp³-hybridized carbons (Fsp3) is 0.636. The van der Waals surface area contributed by atoms with Crippen LogP contribution in [-0.2, 0) is 16.1 Å². The number of carbonyl (C=O) groups excluding carboxylic acids is 1. The number of nitrogens with zero attached hydrogens (tertiary/aromatic N) is 3. The zero-order valence-electron chi connectivity index (χ0n) is 17.6. The number of benzene rings is 1. The molecule has 3 rings (SSSR count). The number of guanidine groups is 1. The highest BCUT2D eigenvalue weighted by Crippen LogP contribution is 2.22. The average Bonchev–Trinajstić information content (AvgIpc) is 2.76. The van der Waals surface area contributed by atoms with E-state index in [0.717, 1.165) is 63.1 Å². The van der Waals surface area contributed by atoms with Crippen LogP contribution in [0.15, 0.2) is 29.3 Å². The van der Waals surface area contributed by atoms with Crippen LogP contribution in [0.1, 0.15) is 31.2 Å². The lowest BCUT2D eigenvalue weighted by Crippen LogP contribution is -2.48. The minimum Gasteiger partial charge on any atom is -0.469 e. The maximum Gasteiger partial charge on any atom is 0.308 e. The third-order valence-electron chi connectivity index (χ3n) is 6.15. The molecule has 0 spiro atoms. The maximum atomic E-state index is 11.7. The van der Waals surface area contributed by atoms with Gasteiger partial charge >= 0.3 is 5.97 Å². The summed E-state index contributed by atoms with van der Waals surface area (Å²) in [5.41, 5.74) is 1.21. The second-order valence-corrected chi connectivity index (χ2v) is 8.43. The summed E-state index contributed by atoms with van der Waals surface area (Å²) in [6.45, 7) is 5.76. The van der Waals surface area contributed by atoms with E-state index in [2.05, 4.69) is 32.2 Å². The number of halogens is 1. The second kappa shape index (κ2) is 10.8. The zero-order chi connectivity index (χ0) is 20.6. The summed E-state index contributed by atoms with van der Waals surface area (Å²) in [5, 5.41) is 4.42. The molecule has 0 unspecified atom stereocenters. The van der Waals surface area contributed by atoms with Crippen molar-refractivity contribution in [2.75, 3.05) is 46.9 Å². The first kappa shape index (κ1) is 21.9. The van der Waals surface area contributed by atoms with Gasteiger partial charge in [0.1, 0.15) is 0 Å². The molecule has 0 atom stereocenters. The first-order valence-corrected chi connectivity index (χ1v) is 11.0. The Hall–Kier alpha value is -1.79. The van der Waals surface area contributed by atoms with Crippen molar-refractivity contribution in [3.63, 3.8) is 0 Å². The van der Waals surface area contributed by atoms with Crippen molar-refractivity contribution in [3.05, 3.63) is 34.9 Å². The Morgan fingerprint density at radius 3 is 2.48 bits per heavy atom. The van der Waals surface area contributed by atoms with Crippen LogP contribution in [0.3, 0.4) is 0 Å². The normalized spacial score (nSPS) is 20.0. The van der Waals surface area contributed by atoms with Gasteiger partial charge in [0.05, 0.1) is 13.0 Å². The van der Waals surface area contributed by atoms with Crippen LogP contribution in [0.4, 0.5) is 0 Å². The molecular formula is C22H33ClN4O2. The van der Waals surface area contributed by atoms with E-state index in [4.69, 9.17) is 16.3 Å². The number of hydrogen-bond acceptors (Lipinski definition) is 4. The lowest BCUT2D eigenvalue weighted by Gasteiger charge is -2.35. The minimum absolute atomic E-state index is 0.0248. The quantitative estimate of drug-likeness (QED) is 0.451. The van der Waals surface area contributed by atoms with Crippen LogP contribution in [0, 0.1) is 11.8 Å². The molecule has 0 aliphatic carbocycles. The van der Waals surface area contributed by atoms with Gasteiger partial charge in [-0.3, -0.25) is 14.7 Å². The number of aliphatic imine (C=N–C) groups is 1. The standard InChI is InChI=1S/C22H33ClN4O2/c1-24-22(27-13-9-18(10-14-27)21(28)29-2)25-15-17-7-11-26(12-8-17)16-19-5-3-4-6-20(19)23/h3-6,17-18H,7-16H2,1-2H3,(H,24,25). The number of hydrogen-bond donors (Lipinski definition) is 1. The van der Waals surface area contributed by atoms with E-state index in [1.165, 1.54) is 25.5 Å². The van der Waals surface area contributed by atoms with Gasteiger partial charge < -0.3 is 15.0 Å². The highest BCUT2D eigenvalue weighted by molar-refractivity contribution is 6.31. The van der Waals surface area contributed by atoms with Crippen molar-refractivity contribution >= 4 is 23.5 Å². The number of likely N-dealkylation sites (tertiary alicyclic amines) is 2. The van der Waals surface area contributed by atoms with Crippen molar-refractivity contribution in [3.8, 4) is 0 Å². The zero-order valence-corrected chi connectivity index (χ0v) is 18.3. The molecule has 160 valence electrons. The van der Waals surface area contributed by atoms with Gasteiger partial charge in [0.2, 0.25) is 0 Å². The Kier molecular flexibility index (Phi) is 8.19. The summed E-state index contributed by atoms with van der Waals surface area (Å²) in [6.07, 6.45) is 4.01. The molecule has 2 fully saturated rings. The Labute approximate surface area is 179 Å². The van der Waals surface area contributed by atoms with Crippen molar-refractivity contribution < 1.29 is 9.53 Å². The van der Waals surface area contributed by atoms with E-state index in [0.29, 0.717) is 5.92 Å². The number of carbonyl (C=O) groups is 1. The number of methoxy groups -OCH3 is 1. The van der Waals surface area contributed by atoms with Gasteiger partial charge in [-0.2, -0.15) is 0 Å². The van der Waals surface area contributed by atoms with Gasteiger partial charge in [0.25, 0.3) is 0 Å². The number of piperidine rings is 2. The van der Waals surface area contributed by atoms with Crippen molar-refractivity contribution in [2.45, 2.75) is 32.2 Å². The summed E-state index contributed by atoms with van der Waals surface area (Å²) in [4.78, 5) is 20.9. The number of ether oxygens (including phenoxy) is 1. The Bertz CT molecular complexity index is 696. The summed E-state index contributed by atoms with van der Waals surface area (Å²) in [7, 11) is 3.30. The molecule has 1 aromatic rings. The van der Waals surface area contributed by atoms with E-state index >= 15 is 0 Å².